The maximum absolute atomic E-state index is 13.4. The Balaban J connectivity index is 1.73. The van der Waals surface area contributed by atoms with E-state index in [0.29, 0.717) is 25.7 Å². The molecule has 0 aromatic heterocycles. The fourth-order valence-corrected chi connectivity index (χ4v) is 5.68. The number of morpholine rings is 1. The van der Waals surface area contributed by atoms with Crippen molar-refractivity contribution < 1.29 is 32.6 Å². The largest absolute Gasteiger partial charge is 0.417 e. The Bertz CT molecular complexity index is 1010. The first-order chi connectivity index (χ1) is 14.6. The van der Waals surface area contributed by atoms with Gasteiger partial charge in [0.15, 0.2) is 0 Å². The predicted molar refractivity (Wildman–Crippen MR) is 106 cm³/mol. The molecule has 172 valence electrons. The molecule has 7 nitrogen and oxygen atoms in total. The SMILES string of the molecule is CC(C)(O)CN1C[C@@]2(C)O[C@@](C)(C1)[C@@H]1C(=O)N(c3ccc(C#N)c(C(F)(F)F)c3)C(=O)[C@@H]12. The van der Waals surface area contributed by atoms with Crippen LogP contribution in [0.15, 0.2) is 18.2 Å². The van der Waals surface area contributed by atoms with Gasteiger partial charge < -0.3 is 9.84 Å². The lowest BCUT2D eigenvalue weighted by Gasteiger charge is -2.46. The average Bonchev–Trinajstić information content (AvgIpc) is 2.99. The molecule has 10 heteroatoms. The van der Waals surface area contributed by atoms with E-state index >= 15 is 0 Å². The number of halogens is 3. The van der Waals surface area contributed by atoms with Crippen molar-refractivity contribution >= 4 is 17.5 Å². The van der Waals surface area contributed by atoms with Crippen LogP contribution < -0.4 is 4.90 Å². The number of anilines is 1. The molecule has 0 unspecified atom stereocenters. The van der Waals surface area contributed by atoms with E-state index < -0.39 is 57.8 Å². The minimum atomic E-state index is -4.81. The van der Waals surface area contributed by atoms with Gasteiger partial charge in [-0.1, -0.05) is 0 Å². The molecule has 32 heavy (non-hydrogen) atoms. The number of carbonyl (C=O) groups excluding carboxylic acids is 2. The summed E-state index contributed by atoms with van der Waals surface area (Å²) >= 11 is 0. The van der Waals surface area contributed by atoms with E-state index in [-0.39, 0.29) is 5.69 Å². The summed E-state index contributed by atoms with van der Waals surface area (Å²) < 4.78 is 46.5. The van der Waals surface area contributed by atoms with E-state index in [1.807, 2.05) is 4.90 Å². The fraction of sp³-hybridized carbons (Fsp3) is 0.591. The van der Waals surface area contributed by atoms with Gasteiger partial charge >= 0.3 is 6.18 Å². The molecule has 0 radical (unpaired) electrons. The van der Waals surface area contributed by atoms with Crippen LogP contribution in [0.1, 0.15) is 38.8 Å². The molecule has 2 bridgehead atoms. The number of ether oxygens (including phenoxy) is 1. The van der Waals surface area contributed by atoms with Crippen LogP contribution in [0.3, 0.4) is 0 Å². The van der Waals surface area contributed by atoms with Crippen LogP contribution in [0, 0.1) is 23.2 Å². The number of fused-ring (bicyclic) bond motifs is 5. The van der Waals surface area contributed by atoms with Crippen molar-refractivity contribution in [3.63, 3.8) is 0 Å². The normalized spacial score (nSPS) is 32.9. The summed E-state index contributed by atoms with van der Waals surface area (Å²) in [6, 6.07) is 4.33. The zero-order valence-corrected chi connectivity index (χ0v) is 18.2. The van der Waals surface area contributed by atoms with Crippen LogP contribution in [-0.4, -0.2) is 58.3 Å². The van der Waals surface area contributed by atoms with Crippen molar-refractivity contribution in [1.82, 2.24) is 4.90 Å². The zero-order valence-electron chi connectivity index (χ0n) is 18.2. The van der Waals surface area contributed by atoms with Gasteiger partial charge in [-0.3, -0.25) is 14.5 Å². The van der Waals surface area contributed by atoms with Crippen molar-refractivity contribution in [1.29, 1.82) is 5.26 Å². The number of carbonyl (C=O) groups is 2. The first kappa shape index (κ1) is 22.7. The van der Waals surface area contributed by atoms with Crippen LogP contribution in [0.5, 0.6) is 0 Å². The Morgan fingerprint density at radius 3 is 2.12 bits per heavy atom. The molecular formula is C22H24F3N3O4. The van der Waals surface area contributed by atoms with Crippen LogP contribution in [0.2, 0.25) is 0 Å². The molecule has 0 aliphatic carbocycles. The van der Waals surface area contributed by atoms with Crippen molar-refractivity contribution in [3.8, 4) is 6.07 Å². The Labute approximate surface area is 183 Å². The molecule has 0 spiro atoms. The summed E-state index contributed by atoms with van der Waals surface area (Å²) in [6.07, 6.45) is -4.81. The second-order valence-corrected chi connectivity index (χ2v) is 9.99. The first-order valence-electron chi connectivity index (χ1n) is 10.2. The molecule has 3 aliphatic heterocycles. The van der Waals surface area contributed by atoms with Gasteiger partial charge in [0.2, 0.25) is 11.8 Å². The summed E-state index contributed by atoms with van der Waals surface area (Å²) in [4.78, 5) is 29.6. The molecule has 3 fully saturated rings. The highest BCUT2D eigenvalue weighted by Gasteiger charge is 2.71. The van der Waals surface area contributed by atoms with Gasteiger partial charge in [0.1, 0.15) is 0 Å². The van der Waals surface area contributed by atoms with E-state index in [1.165, 1.54) is 12.1 Å². The topological polar surface area (TPSA) is 93.9 Å². The van der Waals surface area contributed by atoms with Crippen LogP contribution in [-0.2, 0) is 20.5 Å². The molecular weight excluding hydrogens is 427 g/mol. The van der Waals surface area contributed by atoms with E-state index in [2.05, 4.69) is 0 Å². The molecule has 4 rings (SSSR count). The molecule has 1 aromatic rings. The number of aliphatic hydroxyl groups is 1. The van der Waals surface area contributed by atoms with E-state index in [9.17, 15) is 27.9 Å². The van der Waals surface area contributed by atoms with Crippen molar-refractivity contribution in [2.75, 3.05) is 24.5 Å². The summed E-state index contributed by atoms with van der Waals surface area (Å²) in [5.41, 5.74) is -5.05. The van der Waals surface area contributed by atoms with Gasteiger partial charge in [0, 0.05) is 19.6 Å². The van der Waals surface area contributed by atoms with Gasteiger partial charge in [-0.25, -0.2) is 4.90 Å². The second-order valence-electron chi connectivity index (χ2n) is 9.99. The average molecular weight is 451 g/mol. The quantitative estimate of drug-likeness (QED) is 0.709. The van der Waals surface area contributed by atoms with Crippen molar-refractivity contribution in [2.24, 2.45) is 11.8 Å². The second kappa shape index (κ2) is 6.76. The molecule has 2 amide bonds. The van der Waals surface area contributed by atoms with Crippen LogP contribution >= 0.6 is 0 Å². The third kappa shape index (κ3) is 3.39. The van der Waals surface area contributed by atoms with Gasteiger partial charge in [-0.05, 0) is 45.9 Å². The summed E-state index contributed by atoms with van der Waals surface area (Å²) in [5.74, 6) is -2.96. The number of nitriles is 1. The molecule has 1 N–H and O–H groups in total. The standard InChI is InChI=1S/C22H24F3N3O4/c1-19(2,31)9-27-10-20(3)15-16(21(4,11-27)32-20)18(30)28(17(15)29)13-6-5-12(8-26)14(7-13)22(23,24)25/h5-7,15-16,31H,9-11H2,1-4H3/t15-,16+,20-,21+. The monoisotopic (exact) mass is 451 g/mol. The zero-order chi connectivity index (χ0) is 23.9. The summed E-state index contributed by atoms with van der Waals surface area (Å²) in [6.45, 7) is 7.68. The number of imide groups is 1. The lowest BCUT2D eigenvalue weighted by Crippen LogP contribution is -2.60. The van der Waals surface area contributed by atoms with Crippen LogP contribution in [0.25, 0.3) is 0 Å². The number of hydrogen-bond donors (Lipinski definition) is 1. The predicted octanol–water partition coefficient (Wildman–Crippen LogP) is 2.32. The third-order valence-electron chi connectivity index (χ3n) is 6.46. The molecule has 3 heterocycles. The molecule has 3 aliphatic rings. The third-order valence-corrected chi connectivity index (χ3v) is 6.46. The number of likely N-dealkylation sites (tertiary alicyclic amines) is 1. The number of amides is 2. The summed E-state index contributed by atoms with van der Waals surface area (Å²) in [7, 11) is 0. The Morgan fingerprint density at radius 1 is 1.16 bits per heavy atom. The van der Waals surface area contributed by atoms with Gasteiger partial charge in [-0.15, -0.1) is 0 Å². The lowest BCUT2D eigenvalue weighted by molar-refractivity contribution is -0.175. The van der Waals surface area contributed by atoms with E-state index in [4.69, 9.17) is 10.00 Å². The van der Waals surface area contributed by atoms with Gasteiger partial charge in [-0.2, -0.15) is 18.4 Å². The number of hydrogen-bond acceptors (Lipinski definition) is 6. The Kier molecular flexibility index (Phi) is 4.80. The van der Waals surface area contributed by atoms with Crippen LogP contribution in [0.4, 0.5) is 18.9 Å². The number of alkyl halides is 3. The van der Waals surface area contributed by atoms with Gasteiger partial charge in [0.05, 0.1) is 51.5 Å². The first-order valence-corrected chi connectivity index (χ1v) is 10.2. The fourth-order valence-electron chi connectivity index (χ4n) is 5.68. The minimum absolute atomic E-state index is 0.209. The maximum Gasteiger partial charge on any atom is 0.417 e. The summed E-state index contributed by atoms with van der Waals surface area (Å²) in [5, 5.41) is 19.2. The lowest BCUT2D eigenvalue weighted by atomic mass is 9.79. The van der Waals surface area contributed by atoms with Crippen molar-refractivity contribution in [3.05, 3.63) is 29.3 Å². The van der Waals surface area contributed by atoms with Gasteiger partial charge in [0.25, 0.3) is 0 Å². The Hall–Kier alpha value is -2.48. The highest BCUT2D eigenvalue weighted by atomic mass is 19.4. The molecule has 1 aromatic carbocycles. The highest BCUT2D eigenvalue weighted by molar-refractivity contribution is 6.23. The number of β-amino-alcohol motifs (C(OH)–C–C–N with tert-alkyl or cyclic N) is 1. The minimum Gasteiger partial charge on any atom is -0.389 e. The smallest absolute Gasteiger partial charge is 0.389 e. The molecule has 3 saturated heterocycles. The number of benzene rings is 1. The van der Waals surface area contributed by atoms with E-state index in [1.54, 1.807) is 27.7 Å². The Morgan fingerprint density at radius 2 is 1.69 bits per heavy atom. The van der Waals surface area contributed by atoms with Crippen molar-refractivity contribution in [2.45, 2.75) is 50.7 Å². The molecule has 0 saturated carbocycles. The maximum atomic E-state index is 13.4. The number of nitrogens with zero attached hydrogens (tertiary/aromatic N) is 3. The molecule has 4 atom stereocenters. The van der Waals surface area contributed by atoms with E-state index in [0.717, 1.165) is 11.0 Å². The highest BCUT2D eigenvalue weighted by Crippen LogP contribution is 2.55. The number of rotatable bonds is 3.